The Balaban J connectivity index is 0. The molecule has 0 aliphatic rings. The molecule has 0 spiro atoms. The van der Waals surface area contributed by atoms with Crippen LogP contribution in [0.4, 0.5) is 0 Å². The molecule has 0 nitrogen and oxygen atoms in total. The van der Waals surface area contributed by atoms with Gasteiger partial charge in [-0.05, 0) is 0 Å². The molecule has 0 saturated carbocycles. The second kappa shape index (κ2) is 25.3. The molecule has 5 heteroatoms. The van der Waals surface area contributed by atoms with Crippen LogP contribution in [0.5, 0.6) is 0 Å². The molecule has 0 saturated heterocycles. The Hall–Kier alpha value is 3.70. The van der Waals surface area contributed by atoms with Crippen LogP contribution in [0.1, 0.15) is 0 Å². The van der Waals surface area contributed by atoms with E-state index in [1.54, 1.807) is 0 Å². The first kappa shape index (κ1) is 37.7. The normalized spacial score (nSPS) is 0. The van der Waals surface area contributed by atoms with E-state index >= 15 is 0 Å². The topological polar surface area (TPSA) is 0 Å². The first-order chi connectivity index (χ1) is 0. The van der Waals surface area contributed by atoms with Gasteiger partial charge in [-0.25, -0.2) is 0 Å². The zero-order chi connectivity index (χ0) is 0. The van der Waals surface area contributed by atoms with Gasteiger partial charge in [-0.15, -0.1) is 0 Å². The van der Waals surface area contributed by atoms with Gasteiger partial charge in [0, 0.05) is 0 Å². The molecule has 0 rings (SSSR count). The van der Waals surface area contributed by atoms with Crippen LogP contribution in [-0.4, -0.2) is 0 Å². The monoisotopic (exact) mass is 412 g/mol. The van der Waals surface area contributed by atoms with Crippen molar-refractivity contribution in [3.05, 3.63) is 0 Å². The largest absolute Gasteiger partial charge is 3.00 e. The van der Waals surface area contributed by atoms with Crippen molar-refractivity contribution in [1.29, 1.82) is 0 Å². The van der Waals surface area contributed by atoms with Crippen LogP contribution in [-0.2, 0) is 40.5 Å². The fraction of sp³-hybridized carbons (Fsp3) is 0. The molecule has 0 unspecified atom stereocenters. The standard InChI is InChI=1S/2Gd.3S/q2*+3;3*-2. The van der Waals surface area contributed by atoms with Gasteiger partial charge in [0.25, 0.3) is 0 Å². The van der Waals surface area contributed by atoms with Gasteiger partial charge in [-0.1, -0.05) is 0 Å². The van der Waals surface area contributed by atoms with E-state index in [0.29, 0.717) is 0 Å². The molecular weight excluding hydrogens is 411 g/mol. The van der Waals surface area contributed by atoms with Crippen molar-refractivity contribution in [2.75, 3.05) is 0 Å². The Morgan fingerprint density at radius 3 is 0.400 bits per heavy atom. The van der Waals surface area contributed by atoms with Gasteiger partial charge in [0.05, 0.1) is 0 Å². The number of rotatable bonds is 0. The van der Waals surface area contributed by atoms with Crippen molar-refractivity contribution in [1.82, 2.24) is 0 Å². The predicted molar refractivity (Wildman–Crippen MR) is 22.1 cm³/mol. The molecule has 2 radical (unpaired) electrons. The maximum atomic E-state index is 0. The molecule has 0 aliphatic heterocycles. The van der Waals surface area contributed by atoms with Crippen molar-refractivity contribution in [2.24, 2.45) is 0 Å². The van der Waals surface area contributed by atoms with Gasteiger partial charge in [-0.2, -0.15) is 0 Å². The minimum absolute atomic E-state index is 0. The third-order valence-corrected chi connectivity index (χ3v) is 0. The molecule has 0 aromatic carbocycles. The summed E-state index contributed by atoms with van der Waals surface area (Å²) in [5.41, 5.74) is 0. The maximum absolute atomic E-state index is 0. The van der Waals surface area contributed by atoms with Crippen LogP contribution in [0.3, 0.4) is 0 Å². The molecule has 0 aromatic heterocycles. The molecule has 34 valence electrons. The molecule has 0 aromatic rings. The van der Waals surface area contributed by atoms with E-state index in [4.69, 9.17) is 0 Å². The Morgan fingerprint density at radius 1 is 0.400 bits per heavy atom. The summed E-state index contributed by atoms with van der Waals surface area (Å²) in [6, 6.07) is 0. The zero-order valence-electron chi connectivity index (χ0n) is 1.93. The molecule has 0 atom stereocenters. The van der Waals surface area contributed by atoms with Crippen molar-refractivity contribution >= 4 is 40.5 Å². The minimum Gasteiger partial charge on any atom is -2.00 e. The van der Waals surface area contributed by atoms with E-state index in [1.165, 1.54) is 0 Å². The van der Waals surface area contributed by atoms with Crippen LogP contribution in [0.15, 0.2) is 0 Å². The second-order valence-corrected chi connectivity index (χ2v) is 0. The Morgan fingerprint density at radius 2 is 0.400 bits per heavy atom. The van der Waals surface area contributed by atoms with Gasteiger partial charge in [-0.3, -0.25) is 0 Å². The van der Waals surface area contributed by atoms with Crippen LogP contribution in [0.25, 0.3) is 0 Å². The molecule has 0 fully saturated rings. The molecule has 0 bridgehead atoms. The van der Waals surface area contributed by atoms with Crippen molar-refractivity contribution in [3.8, 4) is 0 Å². The quantitative estimate of drug-likeness (QED) is 0.527. The van der Waals surface area contributed by atoms with Crippen molar-refractivity contribution in [2.45, 2.75) is 0 Å². The van der Waals surface area contributed by atoms with E-state index in [1.807, 2.05) is 0 Å². The van der Waals surface area contributed by atoms with E-state index in [-0.39, 0.29) is 120 Å². The van der Waals surface area contributed by atoms with Crippen molar-refractivity contribution in [3.63, 3.8) is 0 Å². The minimum atomic E-state index is 0. The fourth-order valence-corrected chi connectivity index (χ4v) is 0. The van der Waals surface area contributed by atoms with E-state index in [2.05, 4.69) is 0 Å². The third-order valence-electron chi connectivity index (χ3n) is 0. The van der Waals surface area contributed by atoms with Crippen LogP contribution >= 0.6 is 0 Å². The van der Waals surface area contributed by atoms with E-state index < -0.39 is 0 Å². The van der Waals surface area contributed by atoms with Gasteiger partial charge in [0.2, 0.25) is 0 Å². The summed E-state index contributed by atoms with van der Waals surface area (Å²) in [4.78, 5) is 0. The average molecular weight is 411 g/mol. The molecule has 0 N–H and O–H groups in total. The maximum Gasteiger partial charge on any atom is 3.00 e. The first-order valence-corrected chi connectivity index (χ1v) is 0. The molecule has 0 heterocycles. The van der Waals surface area contributed by atoms with Gasteiger partial charge < -0.3 is 40.5 Å². The number of hydrogen-bond donors (Lipinski definition) is 0. The zero-order valence-corrected chi connectivity index (χ0v) is 8.92. The second-order valence-electron chi connectivity index (χ2n) is 0. The molecule has 5 heavy (non-hydrogen) atoms. The smallest absolute Gasteiger partial charge is 2.00 e. The molecule has 0 aliphatic carbocycles. The first-order valence-electron chi connectivity index (χ1n) is 0. The summed E-state index contributed by atoms with van der Waals surface area (Å²) < 4.78 is 0. The third kappa shape index (κ3) is 18.3. The van der Waals surface area contributed by atoms with Gasteiger partial charge >= 0.3 is 79.9 Å². The summed E-state index contributed by atoms with van der Waals surface area (Å²) in [6.07, 6.45) is 0. The summed E-state index contributed by atoms with van der Waals surface area (Å²) in [5, 5.41) is 0. The van der Waals surface area contributed by atoms with Crippen LogP contribution in [0.2, 0.25) is 0 Å². The van der Waals surface area contributed by atoms with Gasteiger partial charge in [0.1, 0.15) is 0 Å². The van der Waals surface area contributed by atoms with E-state index in [0.717, 1.165) is 0 Å². The van der Waals surface area contributed by atoms with Crippen molar-refractivity contribution < 1.29 is 79.9 Å². The Bertz CT molecular complexity index is 4.85. The summed E-state index contributed by atoms with van der Waals surface area (Å²) in [5.74, 6) is 0. The summed E-state index contributed by atoms with van der Waals surface area (Å²) in [6.45, 7) is 0. The fourth-order valence-electron chi connectivity index (χ4n) is 0. The number of hydrogen-bond acceptors (Lipinski definition) is 0. The molecular formula is Gd2S3. The SMILES string of the molecule is [Gd+3].[Gd+3].[S-2].[S-2].[S-2]. The predicted octanol–water partition coefficient (Wildman–Crippen LogP) is -0.00720. The molecule has 0 amide bonds. The van der Waals surface area contributed by atoms with Gasteiger partial charge in [0.15, 0.2) is 0 Å². The Labute approximate surface area is 117 Å². The summed E-state index contributed by atoms with van der Waals surface area (Å²) >= 11 is 0. The van der Waals surface area contributed by atoms with Crippen LogP contribution < -0.4 is 0 Å². The van der Waals surface area contributed by atoms with E-state index in [9.17, 15) is 0 Å². The average Bonchev–Trinajstić information content (AvgIpc) is 0. The van der Waals surface area contributed by atoms with Crippen LogP contribution in [0, 0.1) is 79.9 Å². The summed E-state index contributed by atoms with van der Waals surface area (Å²) in [7, 11) is 0. The Kier molecular flexibility index (Phi) is 190.